The molecule has 1 aromatic heterocycles. The Labute approximate surface area is 256 Å². The van der Waals surface area contributed by atoms with Gasteiger partial charge in [0.15, 0.2) is 17.2 Å². The van der Waals surface area contributed by atoms with E-state index in [9.17, 15) is 19.5 Å². The number of nitrogens with one attached hydrogen (secondary N) is 2. The molecule has 3 heterocycles. The lowest BCUT2D eigenvalue weighted by Crippen LogP contribution is -2.35. The highest BCUT2D eigenvalue weighted by molar-refractivity contribution is 8.93. The van der Waals surface area contributed by atoms with Gasteiger partial charge in [-0.15, -0.1) is 17.0 Å². The van der Waals surface area contributed by atoms with Crippen LogP contribution in [0, 0.1) is 11.3 Å². The van der Waals surface area contributed by atoms with Crippen molar-refractivity contribution in [3.63, 3.8) is 0 Å². The molecule has 2 aromatic rings. The van der Waals surface area contributed by atoms with Gasteiger partial charge in [-0.25, -0.2) is 4.98 Å². The second-order valence-electron chi connectivity index (χ2n) is 10.8. The number of benzene rings is 1. The first-order chi connectivity index (χ1) is 19.6. The van der Waals surface area contributed by atoms with Crippen LogP contribution in [0.25, 0.3) is 0 Å². The van der Waals surface area contributed by atoms with Gasteiger partial charge in [-0.1, -0.05) is 13.8 Å². The Balaban J connectivity index is 0.00000484. The minimum Gasteiger partial charge on any atom is -0.494 e. The fourth-order valence-corrected chi connectivity index (χ4v) is 5.55. The Kier molecular flexibility index (Phi) is 10.9. The molecule has 0 spiro atoms. The zero-order valence-electron chi connectivity index (χ0n) is 24.8. The third-order valence-corrected chi connectivity index (χ3v) is 7.71. The summed E-state index contributed by atoms with van der Waals surface area (Å²) in [6.45, 7) is 7.91. The first-order valence-electron chi connectivity index (χ1n) is 14.0. The number of nitrogens with zero attached hydrogens (tertiary/aromatic N) is 3. The number of amides is 1. The first kappa shape index (κ1) is 32.8. The van der Waals surface area contributed by atoms with Crippen LogP contribution in [0.4, 0.5) is 5.69 Å². The smallest absolute Gasteiger partial charge is 0.303 e. The number of pyridine rings is 1. The summed E-state index contributed by atoms with van der Waals surface area (Å²) >= 11 is 0. The first-order valence-corrected chi connectivity index (χ1v) is 14.0. The molecule has 1 amide bonds. The highest BCUT2D eigenvalue weighted by Gasteiger charge is 2.32. The molecule has 2 aliphatic rings. The van der Waals surface area contributed by atoms with Crippen LogP contribution in [-0.2, 0) is 11.3 Å². The van der Waals surface area contributed by atoms with Gasteiger partial charge < -0.3 is 29.7 Å². The Morgan fingerprint density at radius 3 is 2.45 bits per heavy atom. The average Bonchev–Trinajstić information content (AvgIpc) is 3.25. The fraction of sp³-hybridized carbons (Fsp3) is 0.500. The Bertz CT molecular complexity index is 1360. The summed E-state index contributed by atoms with van der Waals surface area (Å²) in [6, 6.07) is 5.45. The molecular formula is C30H40BrN5O6. The van der Waals surface area contributed by atoms with Crippen LogP contribution in [0.2, 0.25) is 0 Å². The Hall–Kier alpha value is -3.67. The summed E-state index contributed by atoms with van der Waals surface area (Å²) in [5.41, 5.74) is 3.46. The van der Waals surface area contributed by atoms with E-state index in [2.05, 4.69) is 15.2 Å². The van der Waals surface area contributed by atoms with Crippen LogP contribution in [0.3, 0.4) is 0 Å². The number of methoxy groups -OCH3 is 1. The van der Waals surface area contributed by atoms with Crippen molar-refractivity contribution in [2.45, 2.75) is 52.5 Å². The maximum absolute atomic E-state index is 13.7. The Morgan fingerprint density at radius 1 is 1.19 bits per heavy atom. The zero-order valence-corrected chi connectivity index (χ0v) is 26.5. The number of ether oxygens (including phenoxy) is 2. The van der Waals surface area contributed by atoms with Crippen molar-refractivity contribution < 1.29 is 29.0 Å². The third kappa shape index (κ3) is 6.86. The number of amidine groups is 1. The van der Waals surface area contributed by atoms with Crippen LogP contribution in [-0.4, -0.2) is 78.9 Å². The summed E-state index contributed by atoms with van der Waals surface area (Å²) in [4.78, 5) is 45.5. The molecule has 1 aromatic carbocycles. The Morgan fingerprint density at radius 2 is 1.88 bits per heavy atom. The quantitative estimate of drug-likeness (QED) is 0.305. The number of Topliss-reactive ketones (excluding diaryl/α,β-unsaturated/α-hetero) is 1. The molecular weight excluding hydrogens is 606 g/mol. The zero-order chi connectivity index (χ0) is 29.8. The molecule has 0 unspecified atom stereocenters. The molecule has 2 aliphatic heterocycles. The SMILES string of the molecule is Br.CCOc1cc2c(nc1C(=O)NC)C(=N)N(CC(=O)c1cc(C(C)C)c(OC)c(N3CCC(CC(=O)O)CC3)c1)C2. The molecule has 12 heteroatoms. The number of rotatable bonds is 11. The largest absolute Gasteiger partial charge is 0.494 e. The number of aromatic nitrogens is 1. The number of hydrogen-bond donors (Lipinski definition) is 3. The molecule has 1 fully saturated rings. The second kappa shape index (κ2) is 14.0. The molecule has 4 rings (SSSR count). The van der Waals surface area contributed by atoms with E-state index in [1.54, 1.807) is 18.1 Å². The van der Waals surface area contributed by atoms with Gasteiger partial charge in [0.2, 0.25) is 0 Å². The predicted octanol–water partition coefficient (Wildman–Crippen LogP) is 4.26. The van der Waals surface area contributed by atoms with Gasteiger partial charge in [-0.05, 0) is 55.4 Å². The van der Waals surface area contributed by atoms with Crippen molar-refractivity contribution in [1.29, 1.82) is 5.41 Å². The molecule has 1 saturated heterocycles. The van der Waals surface area contributed by atoms with Gasteiger partial charge in [0.25, 0.3) is 5.91 Å². The third-order valence-electron chi connectivity index (χ3n) is 7.71. The van der Waals surface area contributed by atoms with E-state index in [4.69, 9.17) is 14.9 Å². The molecule has 11 nitrogen and oxygen atoms in total. The van der Waals surface area contributed by atoms with E-state index in [1.807, 2.05) is 32.9 Å². The number of ketones is 1. The summed E-state index contributed by atoms with van der Waals surface area (Å²) in [5.74, 6) is 0.0546. The second-order valence-corrected chi connectivity index (χ2v) is 10.8. The van der Waals surface area contributed by atoms with Crippen LogP contribution >= 0.6 is 17.0 Å². The number of fused-ring (bicyclic) bond motifs is 1. The average molecular weight is 647 g/mol. The minimum absolute atomic E-state index is 0. The van der Waals surface area contributed by atoms with Crippen LogP contribution in [0.5, 0.6) is 11.5 Å². The van der Waals surface area contributed by atoms with Crippen molar-refractivity contribution in [3.05, 3.63) is 46.3 Å². The maximum Gasteiger partial charge on any atom is 0.303 e. The number of carbonyl (C=O) groups excluding carboxylic acids is 2. The van der Waals surface area contributed by atoms with E-state index in [0.29, 0.717) is 43.2 Å². The molecule has 0 saturated carbocycles. The number of carboxylic acids is 1. The summed E-state index contributed by atoms with van der Waals surface area (Å²) in [5, 5.41) is 20.5. The van der Waals surface area contributed by atoms with Crippen molar-refractivity contribution in [1.82, 2.24) is 15.2 Å². The van der Waals surface area contributed by atoms with Crippen molar-refractivity contribution in [3.8, 4) is 11.5 Å². The van der Waals surface area contributed by atoms with Crippen molar-refractivity contribution in [2.75, 3.05) is 45.3 Å². The minimum atomic E-state index is -0.778. The number of hydrogen-bond acceptors (Lipinski definition) is 8. The number of anilines is 1. The van der Waals surface area contributed by atoms with Crippen molar-refractivity contribution >= 4 is 46.2 Å². The molecule has 0 atom stereocenters. The standard InChI is InChI=1S/C30H39N5O6.BrH/c1-6-41-24-14-20-15-35(29(31)26(20)33-27(24)30(39)32-4)16-23(36)19-12-21(17(2)3)28(40-5)22(13-19)34-9-7-18(8-10-34)11-25(37)38;/h12-14,17-18,31H,6-11,15-16H2,1-5H3,(H,32,39)(H,37,38);1H. The maximum atomic E-state index is 13.7. The lowest BCUT2D eigenvalue weighted by molar-refractivity contribution is -0.138. The van der Waals surface area contributed by atoms with Crippen LogP contribution < -0.4 is 19.7 Å². The number of halogens is 1. The number of carboxylic acid groups (broad SMARTS) is 1. The van der Waals surface area contributed by atoms with E-state index in [-0.39, 0.29) is 59.1 Å². The van der Waals surface area contributed by atoms with Crippen LogP contribution in [0.15, 0.2) is 18.2 Å². The van der Waals surface area contributed by atoms with Gasteiger partial charge >= 0.3 is 5.97 Å². The van der Waals surface area contributed by atoms with Crippen molar-refractivity contribution in [2.24, 2.45) is 5.92 Å². The van der Waals surface area contributed by atoms with E-state index < -0.39 is 11.9 Å². The fourth-order valence-electron chi connectivity index (χ4n) is 5.55. The molecule has 0 aliphatic carbocycles. The molecule has 0 bridgehead atoms. The summed E-state index contributed by atoms with van der Waals surface area (Å²) in [6.07, 6.45) is 1.67. The van der Waals surface area contributed by atoms with E-state index >= 15 is 0 Å². The van der Waals surface area contributed by atoms with Gasteiger partial charge in [-0.2, -0.15) is 0 Å². The molecule has 0 radical (unpaired) electrons. The summed E-state index contributed by atoms with van der Waals surface area (Å²) in [7, 11) is 3.14. The molecule has 42 heavy (non-hydrogen) atoms. The monoisotopic (exact) mass is 645 g/mol. The van der Waals surface area contributed by atoms with Gasteiger partial charge in [0.1, 0.15) is 17.3 Å². The highest BCUT2D eigenvalue weighted by atomic mass is 79.9. The number of aliphatic carboxylic acids is 1. The summed E-state index contributed by atoms with van der Waals surface area (Å²) < 4.78 is 11.5. The predicted molar refractivity (Wildman–Crippen MR) is 165 cm³/mol. The number of piperidine rings is 1. The lowest BCUT2D eigenvalue weighted by Gasteiger charge is -2.35. The molecule has 3 N–H and O–H groups in total. The highest BCUT2D eigenvalue weighted by Crippen LogP contribution is 2.40. The van der Waals surface area contributed by atoms with Gasteiger partial charge in [-0.3, -0.25) is 19.8 Å². The topological polar surface area (TPSA) is 145 Å². The van der Waals surface area contributed by atoms with E-state index in [1.165, 1.54) is 7.05 Å². The lowest BCUT2D eigenvalue weighted by atomic mass is 9.91. The normalized spacial score (nSPS) is 14.9. The molecule has 228 valence electrons. The number of carbonyl (C=O) groups is 3. The van der Waals surface area contributed by atoms with Crippen LogP contribution in [0.1, 0.15) is 83.6 Å². The van der Waals surface area contributed by atoms with Gasteiger partial charge in [0, 0.05) is 44.2 Å². The van der Waals surface area contributed by atoms with E-state index in [0.717, 1.165) is 35.4 Å². The van der Waals surface area contributed by atoms with Gasteiger partial charge in [0.05, 0.1) is 25.9 Å².